The summed E-state index contributed by atoms with van der Waals surface area (Å²) in [7, 11) is 3.71. The number of azide groups is 1. The Balaban J connectivity index is 0.000000319. The molecule has 2 aliphatic heterocycles. The molecule has 2 aromatic rings. The van der Waals surface area contributed by atoms with E-state index in [1.165, 1.54) is 40.2 Å². The standard InChI is InChI=1S/C11H11N3O4.C10H9NO3.C4H8O.CH4/c1-17-10(15)8-5-3-4-7(6-13-14-12)9(8)11(16)18-2;1-14-10(13)7-4-2-3-6-5-11-9(12)8(6)7;1-2-4-5-3-1;/h3-5H,6H2,1-2H3;2-4H,5H2,1H3,(H,11,12);1-4H2;1H4. The van der Waals surface area contributed by atoms with Crippen molar-refractivity contribution < 1.29 is 38.1 Å². The van der Waals surface area contributed by atoms with E-state index in [9.17, 15) is 19.2 Å². The molecule has 2 aromatic carbocycles. The van der Waals surface area contributed by atoms with Gasteiger partial charge in [-0.3, -0.25) is 4.79 Å². The van der Waals surface area contributed by atoms with E-state index in [0.717, 1.165) is 18.8 Å². The molecular weight excluding hydrogens is 496 g/mol. The number of carbonyl (C=O) groups is 4. The van der Waals surface area contributed by atoms with Crippen LogP contribution in [0.2, 0.25) is 0 Å². The van der Waals surface area contributed by atoms with Gasteiger partial charge in [0, 0.05) is 24.7 Å². The maximum Gasteiger partial charge on any atom is 0.339 e. The second kappa shape index (κ2) is 16.4. The van der Waals surface area contributed by atoms with Gasteiger partial charge in [0.1, 0.15) is 0 Å². The number of benzene rings is 2. The number of nitrogens with zero attached hydrogens (tertiary/aromatic N) is 3. The molecule has 4 rings (SSSR count). The first-order chi connectivity index (χ1) is 17.9. The van der Waals surface area contributed by atoms with Crippen LogP contribution in [0.4, 0.5) is 0 Å². The second-order valence-electron chi connectivity index (χ2n) is 7.55. The Morgan fingerprint density at radius 3 is 2.08 bits per heavy atom. The molecule has 204 valence electrons. The summed E-state index contributed by atoms with van der Waals surface area (Å²) < 4.78 is 18.7. The van der Waals surface area contributed by atoms with Crippen LogP contribution in [0.5, 0.6) is 0 Å². The van der Waals surface area contributed by atoms with E-state index < -0.39 is 17.9 Å². The van der Waals surface area contributed by atoms with Crippen molar-refractivity contribution in [2.45, 2.75) is 33.4 Å². The number of esters is 3. The van der Waals surface area contributed by atoms with Gasteiger partial charge in [-0.15, -0.1) is 0 Å². The number of fused-ring (bicyclic) bond motifs is 1. The van der Waals surface area contributed by atoms with Gasteiger partial charge < -0.3 is 24.3 Å². The number of ether oxygens (including phenoxy) is 4. The molecule has 12 nitrogen and oxygen atoms in total. The maximum absolute atomic E-state index is 11.7. The number of rotatable bonds is 5. The highest BCUT2D eigenvalue weighted by atomic mass is 16.5. The maximum atomic E-state index is 11.7. The van der Waals surface area contributed by atoms with Crippen molar-refractivity contribution in [3.05, 3.63) is 80.2 Å². The normalized spacial score (nSPS) is 12.4. The Morgan fingerprint density at radius 1 is 0.947 bits per heavy atom. The summed E-state index contributed by atoms with van der Waals surface area (Å²) in [5.74, 6) is -2.02. The van der Waals surface area contributed by atoms with Crippen molar-refractivity contribution in [2.75, 3.05) is 34.5 Å². The quantitative estimate of drug-likeness (QED) is 0.198. The molecule has 1 amide bonds. The van der Waals surface area contributed by atoms with E-state index in [4.69, 9.17) is 10.3 Å². The molecule has 0 radical (unpaired) electrons. The van der Waals surface area contributed by atoms with Gasteiger partial charge in [0.15, 0.2) is 0 Å². The molecule has 1 N–H and O–H groups in total. The summed E-state index contributed by atoms with van der Waals surface area (Å²) in [6.07, 6.45) is 2.56. The molecule has 0 aliphatic carbocycles. The Labute approximate surface area is 220 Å². The SMILES string of the molecule is C.C1CCOC1.COC(=O)c1cccc(CN=[N+]=[N-])c1C(=O)OC.COC(=O)c1cccc2c1C(=O)NC2. The molecule has 0 spiro atoms. The number of hydrogen-bond acceptors (Lipinski definition) is 9. The van der Waals surface area contributed by atoms with Gasteiger partial charge in [0.05, 0.1) is 50.1 Å². The summed E-state index contributed by atoms with van der Waals surface area (Å²) in [4.78, 5) is 48.5. The third kappa shape index (κ3) is 8.32. The van der Waals surface area contributed by atoms with Gasteiger partial charge >= 0.3 is 17.9 Å². The number of methoxy groups -OCH3 is 3. The lowest BCUT2D eigenvalue weighted by Crippen LogP contribution is -2.15. The summed E-state index contributed by atoms with van der Waals surface area (Å²) >= 11 is 0. The fourth-order valence-corrected chi connectivity index (χ4v) is 3.53. The summed E-state index contributed by atoms with van der Waals surface area (Å²) in [6, 6.07) is 9.74. The fourth-order valence-electron chi connectivity index (χ4n) is 3.53. The molecular formula is C26H32N4O8. The highest BCUT2D eigenvalue weighted by Gasteiger charge is 2.25. The molecule has 0 bridgehead atoms. The van der Waals surface area contributed by atoms with Crippen LogP contribution in [-0.4, -0.2) is 58.4 Å². The van der Waals surface area contributed by atoms with Crippen molar-refractivity contribution in [3.8, 4) is 0 Å². The molecule has 0 saturated carbocycles. The number of carbonyl (C=O) groups excluding carboxylic acids is 4. The van der Waals surface area contributed by atoms with Crippen LogP contribution in [0.1, 0.15) is 72.8 Å². The first-order valence-electron chi connectivity index (χ1n) is 11.2. The Morgan fingerprint density at radius 2 is 1.53 bits per heavy atom. The number of hydrogen-bond donors (Lipinski definition) is 1. The van der Waals surface area contributed by atoms with Crippen molar-refractivity contribution in [1.82, 2.24) is 5.32 Å². The molecule has 0 atom stereocenters. The van der Waals surface area contributed by atoms with E-state index >= 15 is 0 Å². The van der Waals surface area contributed by atoms with E-state index in [0.29, 0.717) is 23.2 Å². The average Bonchev–Trinajstić information content (AvgIpc) is 3.64. The summed E-state index contributed by atoms with van der Waals surface area (Å²) in [5, 5.41) is 6.02. The van der Waals surface area contributed by atoms with Gasteiger partial charge in [-0.25, -0.2) is 14.4 Å². The van der Waals surface area contributed by atoms with Crippen LogP contribution in [0, 0.1) is 0 Å². The molecule has 1 fully saturated rings. The largest absolute Gasteiger partial charge is 0.465 e. The summed E-state index contributed by atoms with van der Waals surface area (Å²) in [6.45, 7) is 2.44. The van der Waals surface area contributed by atoms with Crippen molar-refractivity contribution in [2.24, 2.45) is 5.11 Å². The van der Waals surface area contributed by atoms with Crippen molar-refractivity contribution in [1.29, 1.82) is 0 Å². The Hall–Kier alpha value is -4.41. The minimum atomic E-state index is -0.681. The zero-order valence-electron chi connectivity index (χ0n) is 20.8. The van der Waals surface area contributed by atoms with E-state index in [1.54, 1.807) is 24.3 Å². The topological polar surface area (TPSA) is 166 Å². The van der Waals surface area contributed by atoms with E-state index in [2.05, 4.69) is 29.6 Å². The third-order valence-electron chi connectivity index (χ3n) is 5.30. The highest BCUT2D eigenvalue weighted by Crippen LogP contribution is 2.20. The third-order valence-corrected chi connectivity index (χ3v) is 5.30. The van der Waals surface area contributed by atoms with Crippen LogP contribution in [0.15, 0.2) is 41.5 Å². The van der Waals surface area contributed by atoms with Gasteiger partial charge in [-0.1, -0.05) is 36.8 Å². The summed E-state index contributed by atoms with van der Waals surface area (Å²) in [5.41, 5.74) is 10.5. The Bertz CT molecular complexity index is 1180. The number of nitrogens with one attached hydrogen (secondary N) is 1. The molecule has 0 aromatic heterocycles. The number of amides is 1. The molecule has 2 heterocycles. The van der Waals surface area contributed by atoms with Gasteiger partial charge in [0.2, 0.25) is 0 Å². The van der Waals surface area contributed by atoms with Crippen molar-refractivity contribution >= 4 is 23.8 Å². The molecule has 12 heteroatoms. The van der Waals surface area contributed by atoms with Gasteiger partial charge in [0.25, 0.3) is 5.91 Å². The first kappa shape index (κ1) is 31.6. The monoisotopic (exact) mass is 528 g/mol. The highest BCUT2D eigenvalue weighted by molar-refractivity contribution is 6.08. The fraction of sp³-hybridized carbons (Fsp3) is 0.385. The van der Waals surface area contributed by atoms with E-state index in [-0.39, 0.29) is 31.0 Å². The Kier molecular flexibility index (Phi) is 13.6. The lowest BCUT2D eigenvalue weighted by molar-refractivity contribution is 0.0554. The second-order valence-corrected chi connectivity index (χ2v) is 7.55. The van der Waals surface area contributed by atoms with Gasteiger partial charge in [-0.2, -0.15) is 0 Å². The van der Waals surface area contributed by atoms with Gasteiger partial charge in [-0.05, 0) is 41.6 Å². The molecule has 0 unspecified atom stereocenters. The predicted molar refractivity (Wildman–Crippen MR) is 138 cm³/mol. The molecule has 2 aliphatic rings. The van der Waals surface area contributed by atoms with Crippen LogP contribution in [-0.2, 0) is 32.0 Å². The molecule has 38 heavy (non-hydrogen) atoms. The lowest BCUT2D eigenvalue weighted by atomic mass is 10.0. The minimum Gasteiger partial charge on any atom is -0.465 e. The average molecular weight is 529 g/mol. The van der Waals surface area contributed by atoms with Crippen LogP contribution >= 0.6 is 0 Å². The zero-order valence-corrected chi connectivity index (χ0v) is 20.8. The van der Waals surface area contributed by atoms with Crippen LogP contribution < -0.4 is 5.32 Å². The van der Waals surface area contributed by atoms with Crippen molar-refractivity contribution in [3.63, 3.8) is 0 Å². The van der Waals surface area contributed by atoms with E-state index in [1.807, 2.05) is 6.07 Å². The first-order valence-corrected chi connectivity index (χ1v) is 11.2. The molecule has 1 saturated heterocycles. The van der Waals surface area contributed by atoms with Crippen LogP contribution in [0.25, 0.3) is 10.4 Å². The zero-order chi connectivity index (χ0) is 27.2. The predicted octanol–water partition coefficient (Wildman–Crippen LogP) is 4.22. The smallest absolute Gasteiger partial charge is 0.339 e. The van der Waals surface area contributed by atoms with Crippen LogP contribution in [0.3, 0.4) is 0 Å². The minimum absolute atomic E-state index is 0. The lowest BCUT2D eigenvalue weighted by Gasteiger charge is -2.10.